The molecule has 34 heavy (non-hydrogen) atoms. The summed E-state index contributed by atoms with van der Waals surface area (Å²) in [5.41, 5.74) is 3.71. The van der Waals surface area contributed by atoms with Crippen LogP contribution in [-0.4, -0.2) is 22.7 Å². The van der Waals surface area contributed by atoms with E-state index >= 15 is 0 Å². The molecule has 7 heteroatoms. The van der Waals surface area contributed by atoms with Gasteiger partial charge >= 0.3 is 0 Å². The predicted molar refractivity (Wildman–Crippen MR) is 136 cm³/mol. The van der Waals surface area contributed by atoms with Crippen LogP contribution in [0.25, 0.3) is 6.08 Å². The minimum atomic E-state index is -0.340. The van der Waals surface area contributed by atoms with Crippen LogP contribution in [-0.2, 0) is 17.9 Å². The van der Waals surface area contributed by atoms with Crippen LogP contribution in [0.15, 0.2) is 71.6 Å². The number of carbonyl (C=O) groups is 2. The molecule has 3 aromatic rings. The van der Waals surface area contributed by atoms with Gasteiger partial charge in [0.15, 0.2) is 11.5 Å². The van der Waals surface area contributed by atoms with E-state index in [1.165, 1.54) is 10.5 Å². The number of hydrogen-bond donors (Lipinski definition) is 0. The fourth-order valence-electron chi connectivity index (χ4n) is 3.55. The number of halogens is 1. The van der Waals surface area contributed by atoms with Crippen molar-refractivity contribution in [2.75, 3.05) is 6.61 Å². The fourth-order valence-corrected chi connectivity index (χ4v) is 4.58. The first-order valence-electron chi connectivity index (χ1n) is 10.9. The molecule has 0 radical (unpaired) electrons. The van der Waals surface area contributed by atoms with Crippen molar-refractivity contribution in [3.8, 4) is 11.5 Å². The zero-order valence-electron chi connectivity index (χ0n) is 18.9. The van der Waals surface area contributed by atoms with Gasteiger partial charge < -0.3 is 9.47 Å². The first-order valence-corrected chi connectivity index (χ1v) is 12.1. The number of ether oxygens (including phenoxy) is 2. The highest BCUT2D eigenvalue weighted by atomic mass is 35.5. The van der Waals surface area contributed by atoms with E-state index in [0.717, 1.165) is 28.5 Å². The second-order valence-electron chi connectivity index (χ2n) is 7.78. The number of imide groups is 1. The molecule has 0 aliphatic carbocycles. The number of benzene rings is 3. The van der Waals surface area contributed by atoms with E-state index < -0.39 is 0 Å². The van der Waals surface area contributed by atoms with Crippen molar-refractivity contribution in [1.82, 2.24) is 4.90 Å². The SMILES string of the molecule is CCOc1cc(/C=C2\SC(=O)N(Cc3ccccc3Cl)C2=O)ccc1OCc1cccc(C)c1. The van der Waals surface area contributed by atoms with Crippen LogP contribution >= 0.6 is 23.4 Å². The molecular weight excluding hydrogens is 470 g/mol. The van der Waals surface area contributed by atoms with Gasteiger partial charge in [0.2, 0.25) is 0 Å². The average Bonchev–Trinajstić information content (AvgIpc) is 3.07. The zero-order chi connectivity index (χ0) is 24.1. The molecule has 4 rings (SSSR count). The molecule has 1 saturated heterocycles. The first-order chi connectivity index (χ1) is 16.4. The second kappa shape index (κ2) is 10.8. The lowest BCUT2D eigenvalue weighted by atomic mass is 10.1. The number of hydrogen-bond acceptors (Lipinski definition) is 5. The maximum atomic E-state index is 12.9. The normalized spacial score (nSPS) is 14.7. The molecule has 174 valence electrons. The van der Waals surface area contributed by atoms with Gasteiger partial charge in [-0.3, -0.25) is 14.5 Å². The monoisotopic (exact) mass is 493 g/mol. The van der Waals surface area contributed by atoms with Crippen LogP contribution in [0.3, 0.4) is 0 Å². The molecule has 2 amide bonds. The highest BCUT2D eigenvalue weighted by Crippen LogP contribution is 2.36. The van der Waals surface area contributed by atoms with Gasteiger partial charge in [0, 0.05) is 5.02 Å². The highest BCUT2D eigenvalue weighted by Gasteiger charge is 2.35. The van der Waals surface area contributed by atoms with Gasteiger partial charge in [0.05, 0.1) is 18.1 Å². The van der Waals surface area contributed by atoms with Gasteiger partial charge in [-0.25, -0.2) is 0 Å². The molecule has 0 N–H and O–H groups in total. The van der Waals surface area contributed by atoms with Gasteiger partial charge in [-0.2, -0.15) is 0 Å². The lowest BCUT2D eigenvalue weighted by Gasteiger charge is -2.14. The maximum Gasteiger partial charge on any atom is 0.293 e. The van der Waals surface area contributed by atoms with Crippen molar-refractivity contribution in [3.63, 3.8) is 0 Å². The summed E-state index contributed by atoms with van der Waals surface area (Å²) >= 11 is 7.12. The van der Waals surface area contributed by atoms with E-state index in [2.05, 4.69) is 6.07 Å². The Kier molecular flexibility index (Phi) is 7.60. The fraction of sp³-hybridized carbons (Fsp3) is 0.185. The van der Waals surface area contributed by atoms with Crippen molar-refractivity contribution in [3.05, 3.63) is 98.9 Å². The molecule has 0 unspecified atom stereocenters. The molecule has 0 bridgehead atoms. The molecule has 0 atom stereocenters. The van der Waals surface area contributed by atoms with Gasteiger partial charge in [0.1, 0.15) is 6.61 Å². The van der Waals surface area contributed by atoms with Crippen molar-refractivity contribution in [2.24, 2.45) is 0 Å². The van der Waals surface area contributed by atoms with Crippen molar-refractivity contribution in [2.45, 2.75) is 27.0 Å². The lowest BCUT2D eigenvalue weighted by Crippen LogP contribution is -2.27. The van der Waals surface area contributed by atoms with E-state index in [1.54, 1.807) is 18.2 Å². The van der Waals surface area contributed by atoms with Crippen molar-refractivity contribution in [1.29, 1.82) is 0 Å². The first kappa shape index (κ1) is 23.9. The number of rotatable bonds is 8. The molecule has 3 aromatic carbocycles. The number of carbonyl (C=O) groups excluding carboxylic acids is 2. The summed E-state index contributed by atoms with van der Waals surface area (Å²) in [6, 6.07) is 20.8. The van der Waals surface area contributed by atoms with Gasteiger partial charge in [-0.1, -0.05) is 65.7 Å². The Morgan fingerprint density at radius 3 is 2.56 bits per heavy atom. The number of amides is 2. The van der Waals surface area contributed by atoms with Crippen molar-refractivity contribution >= 4 is 40.6 Å². The zero-order valence-corrected chi connectivity index (χ0v) is 20.5. The molecule has 0 aromatic heterocycles. The van der Waals surface area contributed by atoms with Crippen molar-refractivity contribution < 1.29 is 19.1 Å². The van der Waals surface area contributed by atoms with Crippen LogP contribution in [0.5, 0.6) is 11.5 Å². The van der Waals surface area contributed by atoms with E-state index in [-0.39, 0.29) is 17.7 Å². The summed E-state index contributed by atoms with van der Waals surface area (Å²) in [6.07, 6.45) is 1.70. The third kappa shape index (κ3) is 5.64. The van der Waals surface area contributed by atoms with Crippen LogP contribution in [0.1, 0.15) is 29.2 Å². The molecule has 1 aliphatic rings. The third-order valence-electron chi connectivity index (χ3n) is 5.20. The lowest BCUT2D eigenvalue weighted by molar-refractivity contribution is -0.123. The molecule has 0 saturated carbocycles. The molecular formula is C27H24ClNO4S. The van der Waals surface area contributed by atoms with Crippen LogP contribution in [0, 0.1) is 6.92 Å². The van der Waals surface area contributed by atoms with Gasteiger partial charge in [-0.15, -0.1) is 0 Å². The summed E-state index contributed by atoms with van der Waals surface area (Å²) in [4.78, 5) is 27.0. The Hall–Kier alpha value is -3.22. The number of thioether (sulfide) groups is 1. The summed E-state index contributed by atoms with van der Waals surface area (Å²) in [5.74, 6) is 0.860. The summed E-state index contributed by atoms with van der Waals surface area (Å²) < 4.78 is 11.8. The Bertz CT molecular complexity index is 1260. The van der Waals surface area contributed by atoms with E-state index in [9.17, 15) is 9.59 Å². The highest BCUT2D eigenvalue weighted by molar-refractivity contribution is 8.18. The Balaban J connectivity index is 1.51. The van der Waals surface area contributed by atoms with E-state index in [0.29, 0.717) is 34.6 Å². The van der Waals surface area contributed by atoms with Gasteiger partial charge in [0.25, 0.3) is 11.1 Å². The summed E-state index contributed by atoms with van der Waals surface area (Å²) in [5, 5.41) is 0.201. The number of nitrogens with zero attached hydrogens (tertiary/aromatic N) is 1. The molecule has 1 fully saturated rings. The summed E-state index contributed by atoms with van der Waals surface area (Å²) in [7, 11) is 0. The topological polar surface area (TPSA) is 55.8 Å². The summed E-state index contributed by atoms with van der Waals surface area (Å²) in [6.45, 7) is 4.97. The molecule has 5 nitrogen and oxygen atoms in total. The third-order valence-corrected chi connectivity index (χ3v) is 6.48. The van der Waals surface area contributed by atoms with Crippen LogP contribution in [0.4, 0.5) is 4.79 Å². The largest absolute Gasteiger partial charge is 0.490 e. The average molecular weight is 494 g/mol. The van der Waals surface area contributed by atoms with Crippen LogP contribution in [0.2, 0.25) is 5.02 Å². The minimum Gasteiger partial charge on any atom is -0.490 e. The Morgan fingerprint density at radius 1 is 0.971 bits per heavy atom. The number of aryl methyl sites for hydroxylation is 1. The quantitative estimate of drug-likeness (QED) is 0.321. The second-order valence-corrected chi connectivity index (χ2v) is 9.18. The van der Waals surface area contributed by atoms with E-state index in [1.807, 2.05) is 62.4 Å². The van der Waals surface area contributed by atoms with Crippen LogP contribution < -0.4 is 9.47 Å². The predicted octanol–water partition coefficient (Wildman–Crippen LogP) is 6.86. The minimum absolute atomic E-state index is 0.137. The Labute approximate surface area is 208 Å². The Morgan fingerprint density at radius 2 is 1.79 bits per heavy atom. The van der Waals surface area contributed by atoms with Gasteiger partial charge in [-0.05, 0) is 66.6 Å². The smallest absolute Gasteiger partial charge is 0.293 e. The van der Waals surface area contributed by atoms with E-state index in [4.69, 9.17) is 21.1 Å². The molecule has 0 spiro atoms. The maximum absolute atomic E-state index is 12.9. The standard InChI is InChI=1S/C27H24ClNO4S/c1-3-32-24-14-19(11-12-23(24)33-17-20-8-6-7-18(2)13-20)15-25-26(30)29(27(31)34-25)16-21-9-4-5-10-22(21)28/h4-15H,3,16-17H2,1-2H3/b25-15-. The molecule has 1 heterocycles. The molecule has 1 aliphatic heterocycles.